The predicted octanol–water partition coefficient (Wildman–Crippen LogP) is 3.10. The lowest BCUT2D eigenvalue weighted by molar-refractivity contribution is 0.141. The summed E-state index contributed by atoms with van der Waals surface area (Å²) < 4.78 is 11.4. The summed E-state index contributed by atoms with van der Waals surface area (Å²) in [5.74, 6) is 2.04. The molecule has 1 unspecified atom stereocenters. The first-order chi connectivity index (χ1) is 8.54. The third-order valence-corrected chi connectivity index (χ3v) is 2.82. The highest BCUT2D eigenvalue weighted by Crippen LogP contribution is 2.27. The third-order valence-electron chi connectivity index (χ3n) is 2.82. The Balaban J connectivity index is 2.70. The lowest BCUT2D eigenvalue weighted by Crippen LogP contribution is -2.38. The van der Waals surface area contributed by atoms with Crippen LogP contribution in [0.15, 0.2) is 24.3 Å². The Bertz CT molecular complexity index is 350. The summed E-state index contributed by atoms with van der Waals surface area (Å²) in [6.07, 6.45) is 0.142. The van der Waals surface area contributed by atoms with Gasteiger partial charge < -0.3 is 14.8 Å². The number of nitrogens with one attached hydrogen (secondary N) is 1. The first-order valence-electron chi connectivity index (χ1n) is 6.57. The highest BCUT2D eigenvalue weighted by Gasteiger charge is 2.17. The van der Waals surface area contributed by atoms with E-state index in [1.165, 1.54) is 0 Å². The van der Waals surface area contributed by atoms with Crippen molar-refractivity contribution >= 4 is 0 Å². The maximum absolute atomic E-state index is 6.06. The van der Waals surface area contributed by atoms with Crippen molar-refractivity contribution in [2.24, 2.45) is 5.92 Å². The van der Waals surface area contributed by atoms with Crippen LogP contribution in [0.4, 0.5) is 0 Å². The van der Waals surface area contributed by atoms with Crippen LogP contribution >= 0.6 is 0 Å². The molecule has 1 aromatic carbocycles. The molecule has 0 fully saturated rings. The number of methoxy groups -OCH3 is 1. The average Bonchev–Trinajstić information content (AvgIpc) is 2.34. The number of para-hydroxylation sites is 2. The summed E-state index contributed by atoms with van der Waals surface area (Å²) in [5.41, 5.74) is 0. The SMILES string of the molecule is COc1ccccc1OC(CNC(C)C)C(C)C. The van der Waals surface area contributed by atoms with Crippen LogP contribution in [0.1, 0.15) is 27.7 Å². The minimum Gasteiger partial charge on any atom is -0.493 e. The van der Waals surface area contributed by atoms with Gasteiger partial charge in [-0.15, -0.1) is 0 Å². The van der Waals surface area contributed by atoms with Crippen molar-refractivity contribution in [2.45, 2.75) is 39.8 Å². The molecule has 0 amide bonds. The molecule has 1 aromatic rings. The van der Waals surface area contributed by atoms with Crippen LogP contribution in [0.3, 0.4) is 0 Å². The van der Waals surface area contributed by atoms with Crippen LogP contribution < -0.4 is 14.8 Å². The minimum atomic E-state index is 0.142. The molecule has 0 heterocycles. The predicted molar refractivity (Wildman–Crippen MR) is 75.4 cm³/mol. The van der Waals surface area contributed by atoms with Crippen molar-refractivity contribution in [1.82, 2.24) is 5.32 Å². The van der Waals surface area contributed by atoms with Crippen LogP contribution in [-0.2, 0) is 0 Å². The van der Waals surface area contributed by atoms with Gasteiger partial charge in [-0.25, -0.2) is 0 Å². The van der Waals surface area contributed by atoms with E-state index in [2.05, 4.69) is 33.0 Å². The molecule has 0 aliphatic carbocycles. The van der Waals surface area contributed by atoms with E-state index in [1.54, 1.807) is 7.11 Å². The zero-order valence-electron chi connectivity index (χ0n) is 12.1. The van der Waals surface area contributed by atoms with Gasteiger partial charge in [-0.2, -0.15) is 0 Å². The number of rotatable bonds is 7. The fraction of sp³-hybridized carbons (Fsp3) is 0.600. The van der Waals surface area contributed by atoms with Gasteiger partial charge in [0, 0.05) is 12.6 Å². The molecule has 102 valence electrons. The van der Waals surface area contributed by atoms with E-state index in [4.69, 9.17) is 9.47 Å². The van der Waals surface area contributed by atoms with Crippen molar-refractivity contribution in [3.63, 3.8) is 0 Å². The maximum atomic E-state index is 6.06. The summed E-state index contributed by atoms with van der Waals surface area (Å²) in [6.45, 7) is 9.46. The molecule has 0 saturated carbocycles. The van der Waals surface area contributed by atoms with Crippen molar-refractivity contribution in [2.75, 3.05) is 13.7 Å². The maximum Gasteiger partial charge on any atom is 0.161 e. The quantitative estimate of drug-likeness (QED) is 0.807. The largest absolute Gasteiger partial charge is 0.493 e. The second-order valence-corrected chi connectivity index (χ2v) is 5.11. The lowest BCUT2D eigenvalue weighted by Gasteiger charge is -2.25. The summed E-state index contributed by atoms with van der Waals surface area (Å²) in [5, 5.41) is 3.42. The Kier molecular flexibility index (Phi) is 5.99. The van der Waals surface area contributed by atoms with Gasteiger partial charge in [0.2, 0.25) is 0 Å². The van der Waals surface area contributed by atoms with Crippen molar-refractivity contribution < 1.29 is 9.47 Å². The van der Waals surface area contributed by atoms with Gasteiger partial charge in [-0.3, -0.25) is 0 Å². The zero-order chi connectivity index (χ0) is 13.5. The molecule has 3 heteroatoms. The Labute approximate surface area is 110 Å². The molecule has 3 nitrogen and oxygen atoms in total. The van der Waals surface area contributed by atoms with Gasteiger partial charge in [0.25, 0.3) is 0 Å². The molecule has 1 rings (SSSR count). The summed E-state index contributed by atoms with van der Waals surface area (Å²) in [4.78, 5) is 0. The fourth-order valence-electron chi connectivity index (χ4n) is 1.64. The third kappa shape index (κ3) is 4.57. The lowest BCUT2D eigenvalue weighted by atomic mass is 10.1. The summed E-state index contributed by atoms with van der Waals surface area (Å²) >= 11 is 0. The average molecular weight is 251 g/mol. The van der Waals surface area contributed by atoms with Crippen LogP contribution in [0.5, 0.6) is 11.5 Å². The number of ether oxygens (including phenoxy) is 2. The van der Waals surface area contributed by atoms with Crippen molar-refractivity contribution in [3.8, 4) is 11.5 Å². The minimum absolute atomic E-state index is 0.142. The Morgan fingerprint density at radius 3 is 2.17 bits per heavy atom. The fourth-order valence-corrected chi connectivity index (χ4v) is 1.64. The molecule has 0 aliphatic rings. The highest BCUT2D eigenvalue weighted by atomic mass is 16.5. The van der Waals surface area contributed by atoms with E-state index >= 15 is 0 Å². The van der Waals surface area contributed by atoms with Gasteiger partial charge in [0.05, 0.1) is 7.11 Å². The summed E-state index contributed by atoms with van der Waals surface area (Å²) in [7, 11) is 1.67. The van der Waals surface area contributed by atoms with Gasteiger partial charge in [-0.05, 0) is 18.1 Å². The van der Waals surface area contributed by atoms with Crippen molar-refractivity contribution in [3.05, 3.63) is 24.3 Å². The first-order valence-corrected chi connectivity index (χ1v) is 6.57. The molecule has 1 atom stereocenters. The molecular formula is C15H25NO2. The van der Waals surface area contributed by atoms with Crippen LogP contribution in [0.25, 0.3) is 0 Å². The highest BCUT2D eigenvalue weighted by molar-refractivity contribution is 5.39. The van der Waals surface area contributed by atoms with E-state index in [0.29, 0.717) is 12.0 Å². The van der Waals surface area contributed by atoms with E-state index in [9.17, 15) is 0 Å². The van der Waals surface area contributed by atoms with Gasteiger partial charge >= 0.3 is 0 Å². The van der Waals surface area contributed by atoms with E-state index in [1.807, 2.05) is 24.3 Å². The number of hydrogen-bond acceptors (Lipinski definition) is 3. The summed E-state index contributed by atoms with van der Waals surface area (Å²) in [6, 6.07) is 8.24. The van der Waals surface area contributed by atoms with E-state index in [-0.39, 0.29) is 6.10 Å². The molecule has 1 N–H and O–H groups in total. The Morgan fingerprint density at radius 1 is 1.06 bits per heavy atom. The second kappa shape index (κ2) is 7.27. The second-order valence-electron chi connectivity index (χ2n) is 5.11. The van der Waals surface area contributed by atoms with Crippen molar-refractivity contribution in [1.29, 1.82) is 0 Å². The molecular weight excluding hydrogens is 226 g/mol. The van der Waals surface area contributed by atoms with Crippen LogP contribution in [-0.4, -0.2) is 25.8 Å². The monoisotopic (exact) mass is 251 g/mol. The standard InChI is InChI=1S/C15H25NO2/c1-11(2)15(10-16-12(3)4)18-14-9-7-6-8-13(14)17-5/h6-9,11-12,15-16H,10H2,1-5H3. The smallest absolute Gasteiger partial charge is 0.161 e. The molecule has 18 heavy (non-hydrogen) atoms. The van der Waals surface area contributed by atoms with Gasteiger partial charge in [0.1, 0.15) is 6.10 Å². The van der Waals surface area contributed by atoms with Gasteiger partial charge in [-0.1, -0.05) is 39.8 Å². The normalized spacial score (nSPS) is 12.8. The number of benzene rings is 1. The molecule has 0 saturated heterocycles. The van der Waals surface area contributed by atoms with Gasteiger partial charge in [0.15, 0.2) is 11.5 Å². The topological polar surface area (TPSA) is 30.5 Å². The zero-order valence-corrected chi connectivity index (χ0v) is 12.1. The van der Waals surface area contributed by atoms with E-state index in [0.717, 1.165) is 18.0 Å². The Hall–Kier alpha value is -1.22. The van der Waals surface area contributed by atoms with Crippen LogP contribution in [0, 0.1) is 5.92 Å². The molecule has 0 aliphatic heterocycles. The molecule has 0 aromatic heterocycles. The van der Waals surface area contributed by atoms with E-state index < -0.39 is 0 Å². The van der Waals surface area contributed by atoms with Crippen LogP contribution in [0.2, 0.25) is 0 Å². The molecule has 0 radical (unpaired) electrons. The Morgan fingerprint density at radius 2 is 1.67 bits per heavy atom. The first kappa shape index (κ1) is 14.8. The molecule has 0 spiro atoms. The molecule has 0 bridgehead atoms. The number of hydrogen-bond donors (Lipinski definition) is 1.